The van der Waals surface area contributed by atoms with Gasteiger partial charge in [-0.05, 0) is 23.3 Å². The maximum Gasteiger partial charge on any atom is -0.0101 e. The number of hydrogen-bond donors (Lipinski definition) is 0. The van der Waals surface area contributed by atoms with Crippen LogP contribution in [0.15, 0.2) is 30.3 Å². The fourth-order valence-corrected chi connectivity index (χ4v) is 2.90. The van der Waals surface area contributed by atoms with Crippen molar-refractivity contribution < 1.29 is 0 Å². The molecule has 1 aromatic rings. The minimum absolute atomic E-state index is 0.311. The fourth-order valence-electron chi connectivity index (χ4n) is 2.90. The van der Waals surface area contributed by atoms with Crippen LogP contribution in [-0.4, -0.2) is 0 Å². The Kier molecular flexibility index (Phi) is 6.46. The molecule has 0 aromatic heterocycles. The van der Waals surface area contributed by atoms with Crippen LogP contribution >= 0.6 is 0 Å². The summed E-state index contributed by atoms with van der Waals surface area (Å²) in [6.07, 6.45) is 8.23. The summed E-state index contributed by atoms with van der Waals surface area (Å²) in [6.45, 7) is 9.45. The van der Waals surface area contributed by atoms with Crippen molar-refractivity contribution in [3.63, 3.8) is 0 Å². The van der Waals surface area contributed by atoms with Gasteiger partial charge >= 0.3 is 0 Å². The largest absolute Gasteiger partial charge is 0.0654 e. The Hall–Kier alpha value is -0.780. The van der Waals surface area contributed by atoms with Crippen LogP contribution in [0.25, 0.3) is 0 Å². The van der Waals surface area contributed by atoms with Crippen LogP contribution in [-0.2, 0) is 5.41 Å². The molecule has 0 spiro atoms. The molecular weight excluding hydrogens is 216 g/mol. The summed E-state index contributed by atoms with van der Waals surface area (Å²) in [5.41, 5.74) is 1.79. The molecule has 0 fully saturated rings. The Morgan fingerprint density at radius 2 is 1.67 bits per heavy atom. The predicted octanol–water partition coefficient (Wildman–Crippen LogP) is 5.96. The molecule has 1 unspecified atom stereocenters. The van der Waals surface area contributed by atoms with E-state index in [1.807, 2.05) is 0 Å². The monoisotopic (exact) mass is 246 g/mol. The smallest absolute Gasteiger partial charge is 0.0101 e. The van der Waals surface area contributed by atoms with E-state index >= 15 is 0 Å². The lowest BCUT2D eigenvalue weighted by Gasteiger charge is -2.28. The quantitative estimate of drug-likeness (QED) is 0.496. The maximum absolute atomic E-state index is 2.41. The van der Waals surface area contributed by atoms with Gasteiger partial charge < -0.3 is 0 Å². The topological polar surface area (TPSA) is 0 Å². The molecule has 0 saturated carbocycles. The van der Waals surface area contributed by atoms with E-state index < -0.39 is 0 Å². The first-order valence-electron chi connectivity index (χ1n) is 7.62. The lowest BCUT2D eigenvalue weighted by Crippen LogP contribution is -2.20. The summed E-state index contributed by atoms with van der Waals surface area (Å²) < 4.78 is 0. The molecule has 1 aromatic carbocycles. The van der Waals surface area contributed by atoms with E-state index in [-0.39, 0.29) is 0 Å². The second-order valence-electron chi connectivity index (χ2n) is 6.41. The maximum atomic E-state index is 2.41. The highest BCUT2D eigenvalue weighted by Crippen LogP contribution is 2.32. The number of hydrogen-bond acceptors (Lipinski definition) is 0. The van der Waals surface area contributed by atoms with Crippen molar-refractivity contribution in [2.75, 3.05) is 0 Å². The van der Waals surface area contributed by atoms with Crippen LogP contribution in [0.2, 0.25) is 0 Å². The average Bonchev–Trinajstić information content (AvgIpc) is 2.35. The zero-order valence-corrected chi connectivity index (χ0v) is 12.7. The molecule has 0 aliphatic heterocycles. The number of unbranched alkanes of at least 4 members (excludes halogenated alkanes) is 3. The van der Waals surface area contributed by atoms with Gasteiger partial charge in [-0.3, -0.25) is 0 Å². The average molecular weight is 246 g/mol. The highest BCUT2D eigenvalue weighted by atomic mass is 14.3. The zero-order valence-electron chi connectivity index (χ0n) is 12.7. The SMILES string of the molecule is CCCCCCC(C)CC(C)(C)c1ccccc1. The molecule has 0 heterocycles. The van der Waals surface area contributed by atoms with Gasteiger partial charge in [-0.25, -0.2) is 0 Å². The third-order valence-electron chi connectivity index (χ3n) is 3.96. The molecule has 1 rings (SSSR count). The van der Waals surface area contributed by atoms with Gasteiger partial charge in [0.15, 0.2) is 0 Å². The summed E-state index contributed by atoms with van der Waals surface area (Å²) in [5.74, 6) is 0.831. The van der Waals surface area contributed by atoms with Gasteiger partial charge in [0, 0.05) is 0 Å². The van der Waals surface area contributed by atoms with Gasteiger partial charge in [0.1, 0.15) is 0 Å². The van der Waals surface area contributed by atoms with E-state index in [2.05, 4.69) is 58.0 Å². The van der Waals surface area contributed by atoms with Crippen molar-refractivity contribution in [2.45, 2.75) is 71.6 Å². The Bertz CT molecular complexity index is 310. The molecule has 0 N–H and O–H groups in total. The van der Waals surface area contributed by atoms with Crippen molar-refractivity contribution in [2.24, 2.45) is 5.92 Å². The first-order chi connectivity index (χ1) is 8.56. The number of benzene rings is 1. The van der Waals surface area contributed by atoms with Gasteiger partial charge in [-0.1, -0.05) is 90.1 Å². The summed E-state index contributed by atoms with van der Waals surface area (Å²) in [5, 5.41) is 0. The standard InChI is InChI=1S/C18H30/c1-5-6-7-9-12-16(2)15-18(3,4)17-13-10-8-11-14-17/h8,10-11,13-14,16H,5-7,9,12,15H2,1-4H3. The van der Waals surface area contributed by atoms with Crippen LogP contribution in [0.4, 0.5) is 0 Å². The highest BCUT2D eigenvalue weighted by molar-refractivity contribution is 5.23. The Morgan fingerprint density at radius 1 is 1.00 bits per heavy atom. The Morgan fingerprint density at radius 3 is 2.28 bits per heavy atom. The Labute approximate surface area is 114 Å². The van der Waals surface area contributed by atoms with Gasteiger partial charge in [-0.2, -0.15) is 0 Å². The van der Waals surface area contributed by atoms with Crippen molar-refractivity contribution in [3.8, 4) is 0 Å². The third kappa shape index (κ3) is 5.25. The van der Waals surface area contributed by atoms with Crippen LogP contribution < -0.4 is 0 Å². The van der Waals surface area contributed by atoms with E-state index in [1.165, 1.54) is 44.1 Å². The molecule has 102 valence electrons. The fraction of sp³-hybridized carbons (Fsp3) is 0.667. The van der Waals surface area contributed by atoms with Crippen molar-refractivity contribution in [3.05, 3.63) is 35.9 Å². The molecule has 1 atom stereocenters. The normalized spacial score (nSPS) is 13.6. The molecule has 18 heavy (non-hydrogen) atoms. The third-order valence-corrected chi connectivity index (χ3v) is 3.96. The lowest BCUT2D eigenvalue weighted by atomic mass is 9.76. The molecule has 0 nitrogen and oxygen atoms in total. The predicted molar refractivity (Wildman–Crippen MR) is 82.0 cm³/mol. The molecule has 0 amide bonds. The van der Waals surface area contributed by atoms with Gasteiger partial charge in [-0.15, -0.1) is 0 Å². The van der Waals surface area contributed by atoms with Crippen LogP contribution in [0, 0.1) is 5.92 Å². The highest BCUT2D eigenvalue weighted by Gasteiger charge is 2.22. The van der Waals surface area contributed by atoms with Crippen LogP contribution in [0.5, 0.6) is 0 Å². The first kappa shape index (κ1) is 15.3. The molecule has 0 bridgehead atoms. The van der Waals surface area contributed by atoms with Crippen molar-refractivity contribution in [1.82, 2.24) is 0 Å². The van der Waals surface area contributed by atoms with Gasteiger partial charge in [0.05, 0.1) is 0 Å². The molecule has 0 radical (unpaired) electrons. The zero-order chi connectivity index (χ0) is 13.4. The summed E-state index contributed by atoms with van der Waals surface area (Å²) >= 11 is 0. The van der Waals surface area contributed by atoms with Gasteiger partial charge in [0.25, 0.3) is 0 Å². The molecule has 0 heteroatoms. The minimum atomic E-state index is 0.311. The Balaban J connectivity index is 2.40. The lowest BCUT2D eigenvalue weighted by molar-refractivity contribution is 0.353. The molecule has 0 aliphatic rings. The molecule has 0 saturated heterocycles. The summed E-state index contributed by atoms with van der Waals surface area (Å²) in [4.78, 5) is 0. The first-order valence-corrected chi connectivity index (χ1v) is 7.62. The van der Waals surface area contributed by atoms with E-state index in [0.717, 1.165) is 5.92 Å². The second-order valence-corrected chi connectivity index (χ2v) is 6.41. The van der Waals surface area contributed by atoms with E-state index in [0.29, 0.717) is 5.41 Å². The second kappa shape index (κ2) is 7.61. The van der Waals surface area contributed by atoms with Crippen molar-refractivity contribution >= 4 is 0 Å². The summed E-state index contributed by atoms with van der Waals surface area (Å²) in [6, 6.07) is 11.0. The number of rotatable bonds is 8. The minimum Gasteiger partial charge on any atom is -0.0654 e. The molecule has 0 aliphatic carbocycles. The van der Waals surface area contributed by atoms with E-state index in [1.54, 1.807) is 0 Å². The van der Waals surface area contributed by atoms with Crippen LogP contribution in [0.3, 0.4) is 0 Å². The summed E-state index contributed by atoms with van der Waals surface area (Å²) in [7, 11) is 0. The van der Waals surface area contributed by atoms with Crippen molar-refractivity contribution in [1.29, 1.82) is 0 Å². The van der Waals surface area contributed by atoms with E-state index in [4.69, 9.17) is 0 Å². The molecular formula is C18H30. The van der Waals surface area contributed by atoms with Crippen LogP contribution in [0.1, 0.15) is 71.8 Å². The van der Waals surface area contributed by atoms with Gasteiger partial charge in [0.2, 0.25) is 0 Å². The van der Waals surface area contributed by atoms with E-state index in [9.17, 15) is 0 Å².